The second-order valence-electron chi connectivity index (χ2n) is 3.86. The molecule has 2 aromatic rings. The van der Waals surface area contributed by atoms with Gasteiger partial charge in [0.1, 0.15) is 28.7 Å². The monoisotopic (exact) mass is 264 g/mol. The highest BCUT2D eigenvalue weighted by atomic mass is 16.5. The number of oxazole rings is 1. The predicted molar refractivity (Wildman–Crippen MR) is 70.7 cm³/mol. The van der Waals surface area contributed by atoms with Crippen molar-refractivity contribution in [1.82, 2.24) is 4.98 Å². The third-order valence-corrected chi connectivity index (χ3v) is 2.76. The van der Waals surface area contributed by atoms with E-state index < -0.39 is 0 Å². The molecule has 0 aliphatic carbocycles. The molecule has 0 saturated carbocycles. The molecule has 102 valence electrons. The van der Waals surface area contributed by atoms with E-state index in [0.717, 1.165) is 0 Å². The first kappa shape index (κ1) is 13.1. The lowest BCUT2D eigenvalue weighted by Crippen LogP contribution is -1.96. The van der Waals surface area contributed by atoms with E-state index in [-0.39, 0.29) is 6.01 Å². The number of anilines is 1. The quantitative estimate of drug-likeness (QED) is 0.912. The van der Waals surface area contributed by atoms with Crippen molar-refractivity contribution in [3.63, 3.8) is 0 Å². The number of methoxy groups -OCH3 is 3. The number of ether oxygens (including phenoxy) is 3. The van der Waals surface area contributed by atoms with Gasteiger partial charge in [-0.2, -0.15) is 4.98 Å². The van der Waals surface area contributed by atoms with Gasteiger partial charge in [0, 0.05) is 12.1 Å². The highest BCUT2D eigenvalue weighted by molar-refractivity contribution is 5.77. The molecule has 1 heterocycles. The van der Waals surface area contributed by atoms with Crippen molar-refractivity contribution in [1.29, 1.82) is 0 Å². The van der Waals surface area contributed by atoms with Crippen molar-refractivity contribution >= 4 is 6.01 Å². The Hall–Kier alpha value is -2.37. The number of rotatable bonds is 4. The smallest absolute Gasteiger partial charge is 0.292 e. The molecular weight excluding hydrogens is 248 g/mol. The molecule has 0 bridgehead atoms. The van der Waals surface area contributed by atoms with Crippen LogP contribution in [-0.2, 0) is 0 Å². The molecule has 0 unspecified atom stereocenters. The Morgan fingerprint density at radius 2 is 1.63 bits per heavy atom. The van der Waals surface area contributed by atoms with Gasteiger partial charge in [-0.1, -0.05) is 0 Å². The standard InChI is InChI=1S/C13H16N2O4/c1-7-12(15-13(14)19-7)11-9(17-3)5-8(16-2)6-10(11)18-4/h5-6H,1-4H3,(H2,14,15). The van der Waals surface area contributed by atoms with Crippen molar-refractivity contribution < 1.29 is 18.6 Å². The number of hydrogen-bond acceptors (Lipinski definition) is 6. The fraction of sp³-hybridized carbons (Fsp3) is 0.308. The lowest BCUT2D eigenvalue weighted by atomic mass is 10.1. The highest BCUT2D eigenvalue weighted by Crippen LogP contribution is 2.42. The van der Waals surface area contributed by atoms with Crippen LogP contribution in [0.5, 0.6) is 17.2 Å². The lowest BCUT2D eigenvalue weighted by Gasteiger charge is -2.13. The molecule has 6 nitrogen and oxygen atoms in total. The summed E-state index contributed by atoms with van der Waals surface area (Å²) in [5.41, 5.74) is 6.85. The number of hydrogen-bond donors (Lipinski definition) is 1. The maximum Gasteiger partial charge on any atom is 0.292 e. The summed E-state index contributed by atoms with van der Waals surface area (Å²) in [5.74, 6) is 2.38. The minimum atomic E-state index is 0.104. The Labute approximate surface area is 111 Å². The zero-order valence-electron chi connectivity index (χ0n) is 11.3. The molecule has 0 atom stereocenters. The minimum absolute atomic E-state index is 0.104. The molecule has 1 aromatic heterocycles. The number of nitrogen functional groups attached to an aromatic ring is 1. The van der Waals surface area contributed by atoms with Crippen LogP contribution in [0.15, 0.2) is 16.5 Å². The first-order valence-corrected chi connectivity index (χ1v) is 5.64. The molecule has 6 heteroatoms. The van der Waals surface area contributed by atoms with E-state index in [4.69, 9.17) is 24.4 Å². The molecule has 0 radical (unpaired) electrons. The van der Waals surface area contributed by atoms with E-state index in [0.29, 0.717) is 34.3 Å². The largest absolute Gasteiger partial charge is 0.496 e. The topological polar surface area (TPSA) is 79.7 Å². The van der Waals surface area contributed by atoms with Crippen LogP contribution >= 0.6 is 0 Å². The molecule has 0 spiro atoms. The second-order valence-corrected chi connectivity index (χ2v) is 3.86. The van der Waals surface area contributed by atoms with Crippen LogP contribution in [0.4, 0.5) is 6.01 Å². The summed E-state index contributed by atoms with van der Waals surface area (Å²) >= 11 is 0. The van der Waals surface area contributed by atoms with Crippen LogP contribution in [0.3, 0.4) is 0 Å². The number of nitrogens with zero attached hydrogens (tertiary/aromatic N) is 1. The first-order valence-electron chi connectivity index (χ1n) is 5.64. The molecule has 2 rings (SSSR count). The maximum atomic E-state index is 5.57. The normalized spacial score (nSPS) is 10.3. The summed E-state index contributed by atoms with van der Waals surface area (Å²) in [6, 6.07) is 3.61. The van der Waals surface area contributed by atoms with Crippen molar-refractivity contribution in [3.05, 3.63) is 17.9 Å². The highest BCUT2D eigenvalue weighted by Gasteiger charge is 2.21. The minimum Gasteiger partial charge on any atom is -0.496 e. The Balaban J connectivity index is 2.70. The molecule has 1 aromatic carbocycles. The maximum absolute atomic E-state index is 5.57. The molecule has 0 fully saturated rings. The number of nitrogens with two attached hydrogens (primary N) is 1. The lowest BCUT2D eigenvalue weighted by molar-refractivity contribution is 0.377. The van der Waals surface area contributed by atoms with Gasteiger partial charge < -0.3 is 24.4 Å². The van der Waals surface area contributed by atoms with Gasteiger partial charge in [-0.3, -0.25) is 0 Å². The van der Waals surface area contributed by atoms with Gasteiger partial charge in [-0.15, -0.1) is 0 Å². The van der Waals surface area contributed by atoms with Crippen molar-refractivity contribution in [3.8, 4) is 28.5 Å². The van der Waals surface area contributed by atoms with Crippen LogP contribution in [0.1, 0.15) is 5.76 Å². The van der Waals surface area contributed by atoms with Gasteiger partial charge in [0.2, 0.25) is 0 Å². The van der Waals surface area contributed by atoms with E-state index in [1.54, 1.807) is 40.4 Å². The van der Waals surface area contributed by atoms with Gasteiger partial charge in [0.05, 0.1) is 26.9 Å². The predicted octanol–water partition coefficient (Wildman–Crippen LogP) is 2.26. The second kappa shape index (κ2) is 5.09. The van der Waals surface area contributed by atoms with E-state index in [2.05, 4.69) is 4.98 Å². The van der Waals surface area contributed by atoms with Crippen molar-refractivity contribution in [2.24, 2.45) is 0 Å². The van der Waals surface area contributed by atoms with Gasteiger partial charge in [-0.05, 0) is 6.92 Å². The summed E-state index contributed by atoms with van der Waals surface area (Å²) < 4.78 is 21.2. The van der Waals surface area contributed by atoms with Crippen LogP contribution < -0.4 is 19.9 Å². The van der Waals surface area contributed by atoms with Crippen molar-refractivity contribution in [2.75, 3.05) is 27.1 Å². The summed E-state index contributed by atoms with van der Waals surface area (Å²) in [5, 5.41) is 0. The molecule has 0 amide bonds. The van der Waals surface area contributed by atoms with E-state index in [1.807, 2.05) is 0 Å². The molecule has 19 heavy (non-hydrogen) atoms. The van der Waals surface area contributed by atoms with E-state index in [1.165, 1.54) is 0 Å². The van der Waals surface area contributed by atoms with Gasteiger partial charge in [0.15, 0.2) is 0 Å². The zero-order valence-corrected chi connectivity index (χ0v) is 11.3. The van der Waals surface area contributed by atoms with Crippen molar-refractivity contribution in [2.45, 2.75) is 6.92 Å². The molecule has 0 saturated heterocycles. The Bertz CT molecular complexity index is 567. The van der Waals surface area contributed by atoms with Crippen LogP contribution in [0.2, 0.25) is 0 Å². The zero-order chi connectivity index (χ0) is 14.0. The Morgan fingerprint density at radius 3 is 2.00 bits per heavy atom. The van der Waals surface area contributed by atoms with Crippen LogP contribution in [0, 0.1) is 6.92 Å². The van der Waals surface area contributed by atoms with E-state index >= 15 is 0 Å². The third-order valence-electron chi connectivity index (χ3n) is 2.76. The molecule has 2 N–H and O–H groups in total. The third kappa shape index (κ3) is 2.29. The van der Waals surface area contributed by atoms with Gasteiger partial charge >= 0.3 is 0 Å². The molecular formula is C13H16N2O4. The Morgan fingerprint density at radius 1 is 1.05 bits per heavy atom. The van der Waals surface area contributed by atoms with Gasteiger partial charge in [0.25, 0.3) is 6.01 Å². The van der Waals surface area contributed by atoms with Gasteiger partial charge in [-0.25, -0.2) is 0 Å². The average Bonchev–Trinajstić information content (AvgIpc) is 2.75. The van der Waals surface area contributed by atoms with Crippen LogP contribution in [-0.4, -0.2) is 26.3 Å². The number of benzene rings is 1. The first-order chi connectivity index (χ1) is 9.10. The average molecular weight is 264 g/mol. The summed E-state index contributed by atoms with van der Waals surface area (Å²) in [6.07, 6.45) is 0. The summed E-state index contributed by atoms with van der Waals surface area (Å²) in [7, 11) is 4.71. The summed E-state index contributed by atoms with van der Waals surface area (Å²) in [4.78, 5) is 4.16. The summed E-state index contributed by atoms with van der Waals surface area (Å²) in [6.45, 7) is 1.78. The Kier molecular flexibility index (Phi) is 3.50. The fourth-order valence-electron chi connectivity index (χ4n) is 1.89. The number of aromatic nitrogens is 1. The molecule has 0 aliphatic rings. The van der Waals surface area contributed by atoms with Crippen LogP contribution in [0.25, 0.3) is 11.3 Å². The van der Waals surface area contributed by atoms with E-state index in [9.17, 15) is 0 Å². The molecule has 0 aliphatic heterocycles. The number of aryl methyl sites for hydroxylation is 1. The fourth-order valence-corrected chi connectivity index (χ4v) is 1.89. The SMILES string of the molecule is COc1cc(OC)c(-c2nc(N)oc2C)c(OC)c1.